The van der Waals surface area contributed by atoms with Crippen molar-refractivity contribution < 1.29 is 17.6 Å². The average molecular weight is 291 g/mol. The van der Waals surface area contributed by atoms with Crippen LogP contribution in [0.2, 0.25) is 0 Å². The summed E-state index contributed by atoms with van der Waals surface area (Å²) in [6.45, 7) is 0. The quantitative estimate of drug-likeness (QED) is 0.733. The predicted molar refractivity (Wildman–Crippen MR) is 73.4 cm³/mol. The average Bonchev–Trinajstić information content (AvgIpc) is 2.92. The molecular weight excluding hydrogens is 279 g/mol. The van der Waals surface area contributed by atoms with Crippen molar-refractivity contribution >= 4 is 11.0 Å². The Balaban J connectivity index is 2.17. The Morgan fingerprint density at radius 3 is 2.48 bits per heavy atom. The van der Waals surface area contributed by atoms with Crippen LogP contribution in [0.15, 0.2) is 47.1 Å². The van der Waals surface area contributed by atoms with Crippen molar-refractivity contribution in [1.82, 2.24) is 5.32 Å². The van der Waals surface area contributed by atoms with Gasteiger partial charge in [-0.05, 0) is 19.2 Å². The summed E-state index contributed by atoms with van der Waals surface area (Å²) in [6.07, 6.45) is 1.49. The number of para-hydroxylation sites is 1. The first-order chi connectivity index (χ1) is 10.1. The minimum Gasteiger partial charge on any atom is -0.464 e. The van der Waals surface area contributed by atoms with Gasteiger partial charge in [-0.15, -0.1) is 0 Å². The second kappa shape index (κ2) is 5.26. The Morgan fingerprint density at radius 2 is 1.71 bits per heavy atom. The van der Waals surface area contributed by atoms with Gasteiger partial charge in [-0.2, -0.15) is 0 Å². The van der Waals surface area contributed by atoms with Crippen LogP contribution in [0.1, 0.15) is 17.2 Å². The SMILES string of the molecule is CNC(c1ccc(F)c(F)c1F)c1coc2ccccc12. The molecule has 0 radical (unpaired) electrons. The largest absolute Gasteiger partial charge is 0.464 e. The molecule has 108 valence electrons. The third-order valence-electron chi connectivity index (χ3n) is 3.49. The monoisotopic (exact) mass is 291 g/mol. The van der Waals surface area contributed by atoms with Crippen molar-refractivity contribution in [2.24, 2.45) is 0 Å². The second-order valence-corrected chi connectivity index (χ2v) is 4.67. The molecule has 1 heterocycles. The van der Waals surface area contributed by atoms with Crippen LogP contribution in [0, 0.1) is 17.5 Å². The maximum Gasteiger partial charge on any atom is 0.194 e. The Hall–Kier alpha value is -2.27. The number of fused-ring (bicyclic) bond motifs is 1. The number of nitrogens with one attached hydrogen (secondary N) is 1. The minimum absolute atomic E-state index is 0.0305. The highest BCUT2D eigenvalue weighted by Gasteiger charge is 2.23. The molecule has 1 atom stereocenters. The van der Waals surface area contributed by atoms with Crippen molar-refractivity contribution in [2.45, 2.75) is 6.04 Å². The molecular formula is C16H12F3NO. The fraction of sp³-hybridized carbons (Fsp3) is 0.125. The maximum atomic E-state index is 14.0. The van der Waals surface area contributed by atoms with E-state index in [0.29, 0.717) is 11.1 Å². The highest BCUT2D eigenvalue weighted by atomic mass is 19.2. The van der Waals surface area contributed by atoms with Gasteiger partial charge in [-0.1, -0.05) is 24.3 Å². The molecule has 1 unspecified atom stereocenters. The molecule has 0 aliphatic heterocycles. The van der Waals surface area contributed by atoms with Crippen LogP contribution in [-0.4, -0.2) is 7.05 Å². The third-order valence-corrected chi connectivity index (χ3v) is 3.49. The summed E-state index contributed by atoms with van der Waals surface area (Å²) in [5, 5.41) is 3.70. The standard InChI is InChI=1S/C16H12F3NO/c1-20-16(10-6-7-12(17)15(19)14(10)18)11-8-21-13-5-3-2-4-9(11)13/h2-8,16,20H,1H3. The van der Waals surface area contributed by atoms with Crippen LogP contribution < -0.4 is 5.32 Å². The lowest BCUT2D eigenvalue weighted by Gasteiger charge is -2.17. The molecule has 0 saturated heterocycles. The van der Waals surface area contributed by atoms with Gasteiger partial charge in [0.25, 0.3) is 0 Å². The van der Waals surface area contributed by atoms with Crippen molar-refractivity contribution in [1.29, 1.82) is 0 Å². The third kappa shape index (κ3) is 2.19. The molecule has 0 amide bonds. The fourth-order valence-electron chi connectivity index (χ4n) is 2.46. The molecule has 3 rings (SSSR count). The van der Waals surface area contributed by atoms with E-state index < -0.39 is 23.5 Å². The van der Waals surface area contributed by atoms with Crippen LogP contribution in [0.3, 0.4) is 0 Å². The van der Waals surface area contributed by atoms with Crippen molar-refractivity contribution in [2.75, 3.05) is 7.05 Å². The lowest BCUT2D eigenvalue weighted by Crippen LogP contribution is -2.19. The molecule has 0 aliphatic rings. The Labute approximate surface area is 119 Å². The van der Waals surface area contributed by atoms with E-state index in [9.17, 15) is 13.2 Å². The van der Waals surface area contributed by atoms with Crippen LogP contribution in [0.25, 0.3) is 11.0 Å². The second-order valence-electron chi connectivity index (χ2n) is 4.67. The summed E-state index contributed by atoms with van der Waals surface area (Å²) in [4.78, 5) is 0. The first-order valence-electron chi connectivity index (χ1n) is 6.40. The van der Waals surface area contributed by atoms with Crippen molar-refractivity contribution in [3.63, 3.8) is 0 Å². The highest BCUT2D eigenvalue weighted by molar-refractivity contribution is 5.81. The van der Waals surface area contributed by atoms with Gasteiger partial charge in [-0.25, -0.2) is 13.2 Å². The summed E-state index contributed by atoms with van der Waals surface area (Å²) in [5.74, 6) is -3.87. The lowest BCUT2D eigenvalue weighted by atomic mass is 9.97. The molecule has 0 fully saturated rings. The van der Waals surface area contributed by atoms with E-state index in [1.54, 1.807) is 13.1 Å². The number of hydrogen-bond acceptors (Lipinski definition) is 2. The van der Waals surface area contributed by atoms with E-state index in [-0.39, 0.29) is 5.56 Å². The maximum absolute atomic E-state index is 14.0. The fourth-order valence-corrected chi connectivity index (χ4v) is 2.46. The smallest absolute Gasteiger partial charge is 0.194 e. The van der Waals surface area contributed by atoms with E-state index in [0.717, 1.165) is 11.5 Å². The molecule has 3 aromatic rings. The summed E-state index contributed by atoms with van der Waals surface area (Å²) in [7, 11) is 1.62. The minimum atomic E-state index is -1.47. The number of halogens is 3. The van der Waals surface area contributed by atoms with Gasteiger partial charge in [0.15, 0.2) is 17.5 Å². The number of furan rings is 1. The van der Waals surface area contributed by atoms with E-state index in [1.165, 1.54) is 12.3 Å². The van der Waals surface area contributed by atoms with Gasteiger partial charge in [0.1, 0.15) is 5.58 Å². The molecule has 0 spiro atoms. The van der Waals surface area contributed by atoms with E-state index >= 15 is 0 Å². The zero-order chi connectivity index (χ0) is 15.0. The van der Waals surface area contributed by atoms with Crippen molar-refractivity contribution in [3.05, 3.63) is 71.2 Å². The molecule has 2 aromatic carbocycles. The molecule has 2 nitrogen and oxygen atoms in total. The van der Waals surface area contributed by atoms with Gasteiger partial charge in [0.05, 0.1) is 12.3 Å². The molecule has 0 aliphatic carbocycles. The van der Waals surface area contributed by atoms with E-state index in [1.807, 2.05) is 18.2 Å². The molecule has 0 saturated carbocycles. The van der Waals surface area contributed by atoms with Gasteiger partial charge in [0.2, 0.25) is 0 Å². The predicted octanol–water partition coefficient (Wildman–Crippen LogP) is 4.16. The highest BCUT2D eigenvalue weighted by Crippen LogP contribution is 2.32. The zero-order valence-corrected chi connectivity index (χ0v) is 11.2. The lowest BCUT2D eigenvalue weighted by molar-refractivity contribution is 0.435. The van der Waals surface area contributed by atoms with Crippen LogP contribution >= 0.6 is 0 Å². The van der Waals surface area contributed by atoms with Gasteiger partial charge in [0, 0.05) is 16.5 Å². The molecule has 1 aromatic heterocycles. The molecule has 5 heteroatoms. The van der Waals surface area contributed by atoms with Crippen molar-refractivity contribution in [3.8, 4) is 0 Å². The Kier molecular flexibility index (Phi) is 3.43. The van der Waals surface area contributed by atoms with Crippen LogP contribution in [0.4, 0.5) is 13.2 Å². The van der Waals surface area contributed by atoms with Gasteiger partial charge in [-0.3, -0.25) is 0 Å². The summed E-state index contributed by atoms with van der Waals surface area (Å²) in [6, 6.07) is 8.78. The van der Waals surface area contributed by atoms with E-state index in [2.05, 4.69) is 5.32 Å². The Morgan fingerprint density at radius 1 is 0.952 bits per heavy atom. The topological polar surface area (TPSA) is 25.2 Å². The summed E-state index contributed by atoms with van der Waals surface area (Å²) in [5.41, 5.74) is 1.34. The molecule has 1 N–H and O–H groups in total. The van der Waals surface area contributed by atoms with Crippen LogP contribution in [0.5, 0.6) is 0 Å². The number of rotatable bonds is 3. The molecule has 0 bridgehead atoms. The zero-order valence-electron chi connectivity index (χ0n) is 11.2. The first kappa shape index (κ1) is 13.7. The summed E-state index contributed by atoms with van der Waals surface area (Å²) < 4.78 is 45.9. The normalized spacial score (nSPS) is 12.8. The van der Waals surface area contributed by atoms with Gasteiger partial charge < -0.3 is 9.73 Å². The molecule has 21 heavy (non-hydrogen) atoms. The van der Waals surface area contributed by atoms with E-state index in [4.69, 9.17) is 4.42 Å². The Bertz CT molecular complexity index is 797. The summed E-state index contributed by atoms with van der Waals surface area (Å²) >= 11 is 0. The number of hydrogen-bond donors (Lipinski definition) is 1. The first-order valence-corrected chi connectivity index (χ1v) is 6.40. The number of benzene rings is 2. The van der Waals surface area contributed by atoms with Gasteiger partial charge >= 0.3 is 0 Å². The van der Waals surface area contributed by atoms with Crippen LogP contribution in [-0.2, 0) is 0 Å².